The van der Waals surface area contributed by atoms with Crippen molar-refractivity contribution in [3.63, 3.8) is 0 Å². The summed E-state index contributed by atoms with van der Waals surface area (Å²) in [6.07, 6.45) is 0. The second kappa shape index (κ2) is 5.55. The van der Waals surface area contributed by atoms with E-state index < -0.39 is 0 Å². The third kappa shape index (κ3) is 2.94. The predicted molar refractivity (Wildman–Crippen MR) is 83.2 cm³/mol. The molecule has 0 amide bonds. The molecule has 2 rings (SSSR count). The minimum Gasteiger partial charge on any atom is -0.456 e. The van der Waals surface area contributed by atoms with Gasteiger partial charge in [-0.1, -0.05) is 17.7 Å². The average molecular weight is 289 g/mol. The standard InChI is InChI=1S/C16H17ClN2O/c1-9-6-10(2)11(3)15(7-9)20-14-5-4-12(16(18)19)8-13(14)17/h4-8H,1-3H3,(H3,18,19). The second-order valence-corrected chi connectivity index (χ2v) is 5.27. The van der Waals surface area contributed by atoms with Gasteiger partial charge in [0.25, 0.3) is 0 Å². The topological polar surface area (TPSA) is 59.1 Å². The maximum atomic E-state index is 7.39. The molecule has 0 saturated heterocycles. The van der Waals surface area contributed by atoms with E-state index in [0.29, 0.717) is 16.3 Å². The van der Waals surface area contributed by atoms with Crippen LogP contribution in [0.4, 0.5) is 0 Å². The Balaban J connectivity index is 2.38. The Kier molecular flexibility index (Phi) is 4.00. The highest BCUT2D eigenvalue weighted by molar-refractivity contribution is 6.32. The van der Waals surface area contributed by atoms with Crippen LogP contribution in [0.25, 0.3) is 0 Å². The first-order chi connectivity index (χ1) is 9.38. The van der Waals surface area contributed by atoms with Gasteiger partial charge >= 0.3 is 0 Å². The highest BCUT2D eigenvalue weighted by Gasteiger charge is 2.09. The highest BCUT2D eigenvalue weighted by atomic mass is 35.5. The maximum Gasteiger partial charge on any atom is 0.146 e. The first-order valence-electron chi connectivity index (χ1n) is 6.28. The largest absolute Gasteiger partial charge is 0.456 e. The summed E-state index contributed by atoms with van der Waals surface area (Å²) in [6, 6.07) is 9.19. The van der Waals surface area contributed by atoms with Crippen LogP contribution >= 0.6 is 11.6 Å². The van der Waals surface area contributed by atoms with Crippen LogP contribution in [0, 0.1) is 26.2 Å². The molecule has 0 atom stereocenters. The lowest BCUT2D eigenvalue weighted by Gasteiger charge is -2.13. The van der Waals surface area contributed by atoms with E-state index >= 15 is 0 Å². The lowest BCUT2D eigenvalue weighted by atomic mass is 10.1. The lowest BCUT2D eigenvalue weighted by molar-refractivity contribution is 0.478. The molecule has 0 aromatic heterocycles. The van der Waals surface area contributed by atoms with Crippen molar-refractivity contribution in [3.05, 3.63) is 57.6 Å². The first-order valence-corrected chi connectivity index (χ1v) is 6.66. The van der Waals surface area contributed by atoms with Crippen LogP contribution in [0.3, 0.4) is 0 Å². The quantitative estimate of drug-likeness (QED) is 0.652. The Labute approximate surface area is 123 Å². The molecule has 0 aliphatic rings. The molecule has 0 heterocycles. The number of rotatable bonds is 3. The van der Waals surface area contributed by atoms with Crippen LogP contribution in [-0.2, 0) is 0 Å². The normalized spacial score (nSPS) is 10.4. The smallest absolute Gasteiger partial charge is 0.146 e. The summed E-state index contributed by atoms with van der Waals surface area (Å²) >= 11 is 6.18. The highest BCUT2D eigenvalue weighted by Crippen LogP contribution is 2.33. The van der Waals surface area contributed by atoms with Gasteiger partial charge in [-0.15, -0.1) is 0 Å². The van der Waals surface area contributed by atoms with E-state index in [2.05, 4.69) is 13.0 Å². The predicted octanol–water partition coefficient (Wildman–Crippen LogP) is 4.34. The van der Waals surface area contributed by atoms with Crippen molar-refractivity contribution in [1.82, 2.24) is 0 Å². The first kappa shape index (κ1) is 14.4. The van der Waals surface area contributed by atoms with Crippen molar-refractivity contribution in [3.8, 4) is 11.5 Å². The van der Waals surface area contributed by atoms with Gasteiger partial charge in [-0.25, -0.2) is 0 Å². The molecule has 4 heteroatoms. The lowest BCUT2D eigenvalue weighted by Crippen LogP contribution is -2.10. The summed E-state index contributed by atoms with van der Waals surface area (Å²) in [5.74, 6) is 1.34. The van der Waals surface area contributed by atoms with Gasteiger partial charge in [-0.2, -0.15) is 0 Å². The van der Waals surface area contributed by atoms with E-state index in [4.69, 9.17) is 27.5 Å². The number of amidine groups is 1. The minimum atomic E-state index is -0.0129. The molecular formula is C16H17ClN2O. The van der Waals surface area contributed by atoms with Crippen LogP contribution in [0.1, 0.15) is 22.3 Å². The van der Waals surface area contributed by atoms with Crippen LogP contribution < -0.4 is 10.5 Å². The number of nitrogens with two attached hydrogens (primary N) is 1. The van der Waals surface area contributed by atoms with Gasteiger partial charge in [-0.3, -0.25) is 5.41 Å². The maximum absolute atomic E-state index is 7.39. The molecular weight excluding hydrogens is 272 g/mol. The molecule has 0 aliphatic carbocycles. The van der Waals surface area contributed by atoms with Crippen molar-refractivity contribution in [2.75, 3.05) is 0 Å². The third-order valence-electron chi connectivity index (χ3n) is 3.23. The second-order valence-electron chi connectivity index (χ2n) is 4.87. The average Bonchev–Trinajstić information content (AvgIpc) is 2.37. The summed E-state index contributed by atoms with van der Waals surface area (Å²) < 4.78 is 5.89. The molecule has 3 N–H and O–H groups in total. The van der Waals surface area contributed by atoms with Crippen LogP contribution in [-0.4, -0.2) is 5.84 Å². The molecule has 0 saturated carbocycles. The van der Waals surface area contributed by atoms with E-state index in [-0.39, 0.29) is 5.84 Å². The van der Waals surface area contributed by atoms with Gasteiger partial charge < -0.3 is 10.5 Å². The van der Waals surface area contributed by atoms with Gasteiger partial charge in [0.1, 0.15) is 17.3 Å². The molecule has 2 aromatic carbocycles. The zero-order valence-electron chi connectivity index (χ0n) is 11.8. The summed E-state index contributed by atoms with van der Waals surface area (Å²) in [5, 5.41) is 7.83. The molecule has 0 fully saturated rings. The number of ether oxygens (including phenoxy) is 1. The van der Waals surface area contributed by atoms with Crippen molar-refractivity contribution < 1.29 is 4.74 Å². The molecule has 0 radical (unpaired) electrons. The number of nitrogens with one attached hydrogen (secondary N) is 1. The molecule has 0 bridgehead atoms. The van der Waals surface area contributed by atoms with Gasteiger partial charge in [0.2, 0.25) is 0 Å². The Morgan fingerprint density at radius 1 is 1.10 bits per heavy atom. The van der Waals surface area contributed by atoms with Gasteiger partial charge in [0, 0.05) is 5.56 Å². The fourth-order valence-corrected chi connectivity index (χ4v) is 2.20. The van der Waals surface area contributed by atoms with Crippen molar-refractivity contribution >= 4 is 17.4 Å². The van der Waals surface area contributed by atoms with E-state index in [0.717, 1.165) is 16.9 Å². The van der Waals surface area contributed by atoms with Crippen molar-refractivity contribution in [1.29, 1.82) is 5.41 Å². The number of benzene rings is 2. The number of hydrogen-bond donors (Lipinski definition) is 2. The number of aryl methyl sites for hydroxylation is 2. The van der Waals surface area contributed by atoms with Gasteiger partial charge in [-0.05, 0) is 61.7 Å². The molecule has 0 aliphatic heterocycles. The molecule has 0 spiro atoms. The zero-order valence-corrected chi connectivity index (χ0v) is 12.5. The summed E-state index contributed by atoms with van der Waals surface area (Å²) in [5.41, 5.74) is 9.42. The Bertz CT molecular complexity index is 680. The van der Waals surface area contributed by atoms with E-state index in [1.54, 1.807) is 18.2 Å². The number of nitrogen functional groups attached to an aromatic ring is 1. The molecule has 104 valence electrons. The van der Waals surface area contributed by atoms with Crippen LogP contribution in [0.5, 0.6) is 11.5 Å². The Hall–Kier alpha value is -2.00. The molecule has 3 nitrogen and oxygen atoms in total. The SMILES string of the molecule is Cc1cc(C)c(C)c(Oc2ccc(C(=N)N)cc2Cl)c1. The Morgan fingerprint density at radius 2 is 1.80 bits per heavy atom. The monoisotopic (exact) mass is 288 g/mol. The van der Waals surface area contributed by atoms with E-state index in [9.17, 15) is 0 Å². The van der Waals surface area contributed by atoms with Crippen molar-refractivity contribution in [2.45, 2.75) is 20.8 Å². The summed E-state index contributed by atoms with van der Waals surface area (Å²) in [4.78, 5) is 0. The third-order valence-corrected chi connectivity index (χ3v) is 3.52. The Morgan fingerprint density at radius 3 is 2.40 bits per heavy atom. The van der Waals surface area contributed by atoms with Gasteiger partial charge in [0.15, 0.2) is 0 Å². The van der Waals surface area contributed by atoms with Gasteiger partial charge in [0.05, 0.1) is 5.02 Å². The minimum absolute atomic E-state index is 0.0129. The number of halogens is 1. The molecule has 2 aromatic rings. The van der Waals surface area contributed by atoms with Crippen LogP contribution in [0.15, 0.2) is 30.3 Å². The summed E-state index contributed by atoms with van der Waals surface area (Å²) in [7, 11) is 0. The zero-order chi connectivity index (χ0) is 14.9. The number of hydrogen-bond acceptors (Lipinski definition) is 2. The van der Waals surface area contributed by atoms with E-state index in [1.165, 1.54) is 5.56 Å². The fraction of sp³-hybridized carbons (Fsp3) is 0.188. The fourth-order valence-electron chi connectivity index (χ4n) is 1.98. The molecule has 0 unspecified atom stereocenters. The van der Waals surface area contributed by atoms with Crippen LogP contribution in [0.2, 0.25) is 5.02 Å². The summed E-state index contributed by atoms with van der Waals surface area (Å²) in [6.45, 7) is 6.09. The van der Waals surface area contributed by atoms with Crippen molar-refractivity contribution in [2.24, 2.45) is 5.73 Å². The van der Waals surface area contributed by atoms with E-state index in [1.807, 2.05) is 19.9 Å². The molecule has 20 heavy (non-hydrogen) atoms.